The number of rotatable bonds is 10. The van der Waals surface area contributed by atoms with Crippen LogP contribution in [0.25, 0.3) is 0 Å². The molecular weight excluding hydrogens is 482 g/mol. The molecule has 0 aromatic rings. The third kappa shape index (κ3) is 6.97. The molecule has 1 unspecified atom stereocenters. The SMILES string of the molecule is CCNOS(=O)(=O)CCCN1C(=C2SC(=S)N(CCOC(C)=O)C2=O)SCC1Cl. The molecule has 0 aromatic heterocycles. The van der Waals surface area contributed by atoms with E-state index in [-0.39, 0.29) is 36.7 Å². The Balaban J connectivity index is 2.03. The molecule has 2 rings (SSSR count). The highest BCUT2D eigenvalue weighted by atomic mass is 35.5. The predicted octanol–water partition coefficient (Wildman–Crippen LogP) is 1.45. The first-order chi connectivity index (χ1) is 13.7. The smallest absolute Gasteiger partial charge is 0.302 e. The number of carbonyl (C=O) groups excluding carboxylic acids is 2. The molecule has 0 bridgehead atoms. The molecule has 0 saturated carbocycles. The van der Waals surface area contributed by atoms with Crippen LogP contribution in [0.5, 0.6) is 0 Å². The van der Waals surface area contributed by atoms with Gasteiger partial charge in [0.05, 0.1) is 17.3 Å². The third-order valence-corrected chi connectivity index (χ3v) is 8.24. The number of thiocarbonyl (C=S) groups is 1. The van der Waals surface area contributed by atoms with Gasteiger partial charge in [-0.1, -0.05) is 42.5 Å². The van der Waals surface area contributed by atoms with Crippen molar-refractivity contribution in [3.63, 3.8) is 0 Å². The van der Waals surface area contributed by atoms with E-state index in [9.17, 15) is 18.0 Å². The summed E-state index contributed by atoms with van der Waals surface area (Å²) >= 11 is 14.3. The summed E-state index contributed by atoms with van der Waals surface area (Å²) in [7, 11) is -3.68. The molecule has 2 aliphatic heterocycles. The molecule has 2 aliphatic rings. The molecule has 0 aliphatic carbocycles. The fourth-order valence-corrected chi connectivity index (χ4v) is 6.46. The van der Waals surface area contributed by atoms with Gasteiger partial charge in [0.1, 0.15) is 21.3 Å². The summed E-state index contributed by atoms with van der Waals surface area (Å²) in [6.07, 6.45) is 0.285. The number of nitrogens with zero attached hydrogens (tertiary/aromatic N) is 2. The van der Waals surface area contributed by atoms with E-state index < -0.39 is 16.1 Å². The number of hydrogen-bond donors (Lipinski definition) is 1. The van der Waals surface area contributed by atoms with Crippen LogP contribution in [0.2, 0.25) is 0 Å². The Hall–Kier alpha value is -0.570. The minimum atomic E-state index is -3.68. The number of hydroxylamine groups is 1. The Morgan fingerprint density at radius 1 is 1.41 bits per heavy atom. The lowest BCUT2D eigenvalue weighted by Gasteiger charge is -2.23. The van der Waals surface area contributed by atoms with Crippen molar-refractivity contribution in [2.75, 3.05) is 37.7 Å². The van der Waals surface area contributed by atoms with Gasteiger partial charge in [-0.2, -0.15) is 18.2 Å². The molecule has 9 nitrogen and oxygen atoms in total. The number of thioether (sulfide) groups is 2. The predicted molar refractivity (Wildman–Crippen MR) is 118 cm³/mol. The molecule has 29 heavy (non-hydrogen) atoms. The van der Waals surface area contributed by atoms with Crippen LogP contribution in [-0.4, -0.2) is 77.7 Å². The van der Waals surface area contributed by atoms with Crippen molar-refractivity contribution in [1.82, 2.24) is 15.3 Å². The fourth-order valence-electron chi connectivity index (χ4n) is 2.49. The lowest BCUT2D eigenvalue weighted by molar-refractivity contribution is -0.142. The van der Waals surface area contributed by atoms with Gasteiger partial charge in [-0.15, -0.1) is 11.8 Å². The van der Waals surface area contributed by atoms with Crippen molar-refractivity contribution < 1.29 is 27.0 Å². The van der Waals surface area contributed by atoms with Crippen LogP contribution in [-0.2, 0) is 28.7 Å². The number of amides is 1. The maximum atomic E-state index is 12.8. The number of halogens is 1. The highest BCUT2D eigenvalue weighted by Crippen LogP contribution is 2.43. The van der Waals surface area contributed by atoms with Gasteiger partial charge in [0.2, 0.25) is 0 Å². The number of alkyl halides is 1. The van der Waals surface area contributed by atoms with Crippen molar-refractivity contribution in [2.24, 2.45) is 0 Å². The third-order valence-electron chi connectivity index (χ3n) is 3.74. The maximum Gasteiger partial charge on any atom is 0.302 e. The molecule has 0 aromatic carbocycles. The zero-order valence-corrected chi connectivity index (χ0v) is 19.9. The normalized spacial score (nSPS) is 22.7. The molecular formula is C15H22ClN3O6S4. The number of ether oxygens (including phenoxy) is 1. The monoisotopic (exact) mass is 503 g/mol. The molecule has 2 saturated heterocycles. The van der Waals surface area contributed by atoms with Gasteiger partial charge in [0.15, 0.2) is 0 Å². The van der Waals surface area contributed by atoms with Crippen LogP contribution in [0.15, 0.2) is 9.93 Å². The Morgan fingerprint density at radius 3 is 2.79 bits per heavy atom. The second-order valence-corrected chi connectivity index (χ2v) is 10.8. The molecule has 0 spiro atoms. The summed E-state index contributed by atoms with van der Waals surface area (Å²) in [5, 5.41) is 0.683. The minimum absolute atomic E-state index is 0.0586. The van der Waals surface area contributed by atoms with Gasteiger partial charge in [0, 0.05) is 25.8 Å². The Labute approximate surface area is 188 Å². The van der Waals surface area contributed by atoms with E-state index in [2.05, 4.69) is 9.76 Å². The van der Waals surface area contributed by atoms with Crippen molar-refractivity contribution in [3.8, 4) is 0 Å². The molecule has 1 N–H and O–H groups in total. The number of esters is 1. The molecule has 2 heterocycles. The highest BCUT2D eigenvalue weighted by Gasteiger charge is 2.39. The second-order valence-electron chi connectivity index (χ2n) is 5.93. The van der Waals surface area contributed by atoms with Crippen LogP contribution in [0.1, 0.15) is 20.3 Å². The Kier molecular flexibility index (Phi) is 9.51. The van der Waals surface area contributed by atoms with Crippen molar-refractivity contribution in [2.45, 2.75) is 25.8 Å². The topological polar surface area (TPSA) is 105 Å². The number of nitrogens with one attached hydrogen (secondary N) is 1. The van der Waals surface area contributed by atoms with E-state index in [1.54, 1.807) is 6.92 Å². The van der Waals surface area contributed by atoms with Crippen LogP contribution >= 0.6 is 47.3 Å². The molecule has 1 atom stereocenters. The lowest BCUT2D eigenvalue weighted by Crippen LogP contribution is -2.33. The van der Waals surface area contributed by atoms with E-state index in [4.69, 9.17) is 28.6 Å². The summed E-state index contributed by atoms with van der Waals surface area (Å²) < 4.78 is 33.5. The molecule has 164 valence electrons. The molecule has 14 heteroatoms. The van der Waals surface area contributed by atoms with Crippen LogP contribution in [0.4, 0.5) is 0 Å². The summed E-state index contributed by atoms with van der Waals surface area (Å²) in [4.78, 5) is 27.4. The average molecular weight is 504 g/mol. The average Bonchev–Trinajstić information content (AvgIpc) is 3.13. The zero-order valence-electron chi connectivity index (χ0n) is 15.9. The van der Waals surface area contributed by atoms with Gasteiger partial charge >= 0.3 is 5.97 Å². The Bertz CT molecular complexity index is 791. The first-order valence-corrected chi connectivity index (χ1v) is 13.0. The standard InChI is InChI=1S/C15H22ClN3O6S4/c1-3-17-25-29(22,23)8-4-5-18-11(16)9-27-14(18)12-13(21)19(15(26)28-12)6-7-24-10(2)20/h11,17H,3-9H2,1-2H3. The minimum Gasteiger partial charge on any atom is -0.464 e. The van der Waals surface area contributed by atoms with Crippen LogP contribution < -0.4 is 5.48 Å². The van der Waals surface area contributed by atoms with Crippen molar-refractivity contribution >= 4 is 73.7 Å². The lowest BCUT2D eigenvalue weighted by atomic mass is 10.4. The van der Waals surface area contributed by atoms with Crippen LogP contribution in [0, 0.1) is 0 Å². The summed E-state index contributed by atoms with van der Waals surface area (Å²) in [5.74, 6) is -0.311. The van der Waals surface area contributed by atoms with E-state index in [0.29, 0.717) is 33.1 Å². The Morgan fingerprint density at radius 2 is 2.14 bits per heavy atom. The van der Waals surface area contributed by atoms with Crippen molar-refractivity contribution in [1.29, 1.82) is 0 Å². The zero-order chi connectivity index (χ0) is 21.6. The molecule has 1 amide bonds. The second kappa shape index (κ2) is 11.2. The van der Waals surface area contributed by atoms with Crippen LogP contribution in [0.3, 0.4) is 0 Å². The quantitative estimate of drug-likeness (QED) is 0.117. The van der Waals surface area contributed by atoms with E-state index in [1.807, 2.05) is 4.90 Å². The summed E-state index contributed by atoms with van der Waals surface area (Å²) in [5.41, 5.74) is 1.96. The fraction of sp³-hybridized carbons (Fsp3) is 0.667. The van der Waals surface area contributed by atoms with Crippen molar-refractivity contribution in [3.05, 3.63) is 9.93 Å². The van der Waals surface area contributed by atoms with E-state index >= 15 is 0 Å². The van der Waals surface area contributed by atoms with E-state index in [1.165, 1.54) is 35.3 Å². The van der Waals surface area contributed by atoms with Gasteiger partial charge in [-0.3, -0.25) is 14.5 Å². The summed E-state index contributed by atoms with van der Waals surface area (Å²) in [6.45, 7) is 3.98. The maximum absolute atomic E-state index is 12.8. The van der Waals surface area contributed by atoms with E-state index in [0.717, 1.165) is 0 Å². The first kappa shape index (κ1) is 24.7. The number of hydrogen-bond acceptors (Lipinski definition) is 11. The number of carbonyl (C=O) groups is 2. The molecule has 0 radical (unpaired) electrons. The van der Waals surface area contributed by atoms with Gasteiger partial charge in [-0.25, -0.2) is 0 Å². The molecule has 2 fully saturated rings. The summed E-state index contributed by atoms with van der Waals surface area (Å²) in [6, 6.07) is 0. The highest BCUT2D eigenvalue weighted by molar-refractivity contribution is 8.27. The first-order valence-electron chi connectivity index (χ1n) is 8.75. The van der Waals surface area contributed by atoms with Gasteiger partial charge in [-0.05, 0) is 6.42 Å². The largest absolute Gasteiger partial charge is 0.464 e. The van der Waals surface area contributed by atoms with Gasteiger partial charge < -0.3 is 9.64 Å². The van der Waals surface area contributed by atoms with Gasteiger partial charge in [0.25, 0.3) is 16.0 Å².